The first kappa shape index (κ1) is 15.8. The second kappa shape index (κ2) is 6.06. The Labute approximate surface area is 153 Å². The van der Waals surface area contributed by atoms with Crippen molar-refractivity contribution in [2.24, 2.45) is 5.73 Å². The van der Waals surface area contributed by atoms with Gasteiger partial charge in [-0.1, -0.05) is 12.1 Å². The molecule has 1 aliphatic rings. The van der Waals surface area contributed by atoms with E-state index in [1.54, 1.807) is 12.3 Å². The van der Waals surface area contributed by atoms with E-state index in [9.17, 15) is 4.79 Å². The fourth-order valence-corrected chi connectivity index (χ4v) is 3.31. The van der Waals surface area contributed by atoms with Gasteiger partial charge in [-0.25, -0.2) is 9.97 Å². The van der Waals surface area contributed by atoms with Crippen LogP contribution in [0.5, 0.6) is 0 Å². The lowest BCUT2D eigenvalue weighted by atomic mass is 10.1. The van der Waals surface area contributed by atoms with Gasteiger partial charge >= 0.3 is 0 Å². The Hall–Kier alpha value is -3.46. The van der Waals surface area contributed by atoms with Crippen molar-refractivity contribution in [1.82, 2.24) is 20.2 Å². The molecule has 9 nitrogen and oxygen atoms in total. The number of carbonyl (C=O) groups is 1. The van der Waals surface area contributed by atoms with Crippen LogP contribution in [0.2, 0.25) is 0 Å². The molecule has 1 fully saturated rings. The number of hydrogen-bond donors (Lipinski definition) is 2. The average molecular weight is 364 g/mol. The van der Waals surface area contributed by atoms with Crippen molar-refractivity contribution >= 4 is 33.7 Å². The van der Waals surface area contributed by atoms with E-state index in [1.165, 1.54) is 0 Å². The summed E-state index contributed by atoms with van der Waals surface area (Å²) in [5.41, 5.74) is 8.12. The van der Waals surface area contributed by atoms with Crippen molar-refractivity contribution in [3.05, 3.63) is 36.2 Å². The number of benzene rings is 1. The summed E-state index contributed by atoms with van der Waals surface area (Å²) in [4.78, 5) is 23.0. The Balaban J connectivity index is 1.75. The molecule has 5 rings (SSSR count). The first-order valence-corrected chi connectivity index (χ1v) is 8.57. The second-order valence-corrected chi connectivity index (χ2v) is 6.30. The second-order valence-electron chi connectivity index (χ2n) is 6.30. The topological polar surface area (TPSA) is 123 Å². The largest absolute Gasteiger partial charge is 0.445 e. The molecule has 0 saturated carbocycles. The van der Waals surface area contributed by atoms with Crippen molar-refractivity contribution < 1.29 is 13.9 Å². The number of carbonyl (C=O) groups excluding carboxylic acids is 1. The van der Waals surface area contributed by atoms with Crippen molar-refractivity contribution in [2.75, 3.05) is 31.2 Å². The maximum atomic E-state index is 11.6. The number of fused-ring (bicyclic) bond motifs is 2. The number of amides is 1. The number of nitrogens with two attached hydrogens (primary N) is 1. The van der Waals surface area contributed by atoms with Gasteiger partial charge in [-0.05, 0) is 6.07 Å². The number of nitrogens with zero attached hydrogens (tertiary/aromatic N) is 4. The molecule has 0 bridgehead atoms. The smallest absolute Gasteiger partial charge is 0.284 e. The summed E-state index contributed by atoms with van der Waals surface area (Å²) in [6.07, 6.45) is 1.75. The average Bonchev–Trinajstić information content (AvgIpc) is 3.34. The van der Waals surface area contributed by atoms with Crippen molar-refractivity contribution in [3.8, 4) is 11.4 Å². The molecule has 4 heterocycles. The quantitative estimate of drug-likeness (QED) is 0.567. The maximum Gasteiger partial charge on any atom is 0.284 e. The van der Waals surface area contributed by atoms with Crippen LogP contribution in [0.1, 0.15) is 10.6 Å². The van der Waals surface area contributed by atoms with E-state index in [4.69, 9.17) is 19.9 Å². The summed E-state index contributed by atoms with van der Waals surface area (Å²) >= 11 is 0. The molecule has 1 aromatic carbocycles. The molecule has 0 spiro atoms. The molecule has 9 heteroatoms. The van der Waals surface area contributed by atoms with Crippen molar-refractivity contribution in [1.29, 1.82) is 0 Å². The van der Waals surface area contributed by atoms with E-state index in [1.807, 2.05) is 18.2 Å². The molecule has 0 aliphatic carbocycles. The highest BCUT2D eigenvalue weighted by Gasteiger charge is 2.23. The van der Waals surface area contributed by atoms with Crippen molar-refractivity contribution in [2.45, 2.75) is 0 Å². The van der Waals surface area contributed by atoms with Crippen LogP contribution in [-0.4, -0.2) is 52.4 Å². The number of nitrogens with one attached hydrogen (secondary N) is 1. The van der Waals surface area contributed by atoms with Crippen LogP contribution < -0.4 is 10.6 Å². The molecule has 27 heavy (non-hydrogen) atoms. The lowest BCUT2D eigenvalue weighted by molar-refractivity contribution is 0.0976. The fraction of sp³-hybridized carbons (Fsp3) is 0.222. The Morgan fingerprint density at radius 1 is 1.22 bits per heavy atom. The van der Waals surface area contributed by atoms with Gasteiger partial charge < -0.3 is 19.8 Å². The van der Waals surface area contributed by atoms with E-state index >= 15 is 0 Å². The van der Waals surface area contributed by atoms with Crippen LogP contribution in [0, 0.1) is 0 Å². The van der Waals surface area contributed by atoms with Crippen LogP contribution in [0.15, 0.2) is 34.9 Å². The van der Waals surface area contributed by atoms with Crippen LogP contribution >= 0.6 is 0 Å². The normalized spacial score (nSPS) is 14.9. The van der Waals surface area contributed by atoms with Gasteiger partial charge in [-0.3, -0.25) is 9.89 Å². The number of ether oxygens (including phenoxy) is 1. The van der Waals surface area contributed by atoms with Gasteiger partial charge in [0.15, 0.2) is 23.0 Å². The molecule has 1 saturated heterocycles. The standard InChI is InChI=1S/C18H16N6O3/c19-16(25)14-8-13-15(27-14)18(24-4-6-26-7-5-24)22-17(21-13)10-2-1-3-12-11(10)9-20-23-12/h1-3,8-9H,4-7H2,(H2,19,25)(H,20,23). The predicted octanol–water partition coefficient (Wildman–Crippen LogP) is 1.70. The number of primary amides is 1. The molecule has 1 aliphatic heterocycles. The maximum absolute atomic E-state index is 11.6. The molecule has 0 atom stereocenters. The third-order valence-corrected chi connectivity index (χ3v) is 4.63. The Kier molecular flexibility index (Phi) is 3.54. The minimum absolute atomic E-state index is 0.0625. The number of furan rings is 1. The molecule has 0 radical (unpaired) electrons. The highest BCUT2D eigenvalue weighted by Crippen LogP contribution is 2.32. The molecule has 0 unspecified atom stereocenters. The summed E-state index contributed by atoms with van der Waals surface area (Å²) in [5, 5.41) is 7.97. The first-order valence-electron chi connectivity index (χ1n) is 8.57. The van der Waals surface area contributed by atoms with E-state index < -0.39 is 5.91 Å². The SMILES string of the molecule is NC(=O)c1cc2nc(-c3cccc4[nH]ncc34)nc(N3CCOCC3)c2o1. The molecule has 136 valence electrons. The number of morpholine rings is 1. The number of H-pyrrole nitrogens is 1. The van der Waals surface area contributed by atoms with Crippen LogP contribution in [0.3, 0.4) is 0 Å². The summed E-state index contributed by atoms with van der Waals surface area (Å²) in [6, 6.07) is 7.36. The zero-order valence-electron chi connectivity index (χ0n) is 14.3. The van der Waals surface area contributed by atoms with Gasteiger partial charge in [-0.2, -0.15) is 5.10 Å². The zero-order chi connectivity index (χ0) is 18.4. The predicted molar refractivity (Wildman–Crippen MR) is 98.4 cm³/mol. The van der Waals surface area contributed by atoms with E-state index in [0.29, 0.717) is 49.0 Å². The van der Waals surface area contributed by atoms with Gasteiger partial charge in [0.1, 0.15) is 5.52 Å². The summed E-state index contributed by atoms with van der Waals surface area (Å²) < 4.78 is 11.1. The summed E-state index contributed by atoms with van der Waals surface area (Å²) in [5.74, 6) is 0.589. The summed E-state index contributed by atoms with van der Waals surface area (Å²) in [7, 11) is 0. The monoisotopic (exact) mass is 364 g/mol. The van der Waals surface area contributed by atoms with Crippen LogP contribution in [0.25, 0.3) is 33.4 Å². The number of hydrogen-bond acceptors (Lipinski definition) is 7. The fourth-order valence-electron chi connectivity index (χ4n) is 3.31. The minimum atomic E-state index is -0.639. The van der Waals surface area contributed by atoms with Crippen molar-refractivity contribution in [3.63, 3.8) is 0 Å². The highest BCUT2D eigenvalue weighted by atomic mass is 16.5. The molecular weight excluding hydrogens is 348 g/mol. The highest BCUT2D eigenvalue weighted by molar-refractivity contribution is 5.98. The van der Waals surface area contributed by atoms with Gasteiger partial charge in [0.2, 0.25) is 0 Å². The number of aromatic nitrogens is 4. The Bertz CT molecular complexity index is 1160. The molecular formula is C18H16N6O3. The summed E-state index contributed by atoms with van der Waals surface area (Å²) in [6.45, 7) is 2.55. The van der Waals surface area contributed by atoms with Crippen LogP contribution in [-0.2, 0) is 4.74 Å². The van der Waals surface area contributed by atoms with Gasteiger partial charge in [0.05, 0.1) is 24.9 Å². The Morgan fingerprint density at radius 2 is 2.07 bits per heavy atom. The lowest BCUT2D eigenvalue weighted by Gasteiger charge is -2.27. The van der Waals surface area contributed by atoms with E-state index in [2.05, 4.69) is 20.1 Å². The first-order chi connectivity index (χ1) is 13.2. The third-order valence-electron chi connectivity index (χ3n) is 4.63. The molecule has 3 aromatic heterocycles. The third kappa shape index (κ3) is 2.59. The molecule has 1 amide bonds. The minimum Gasteiger partial charge on any atom is -0.445 e. The van der Waals surface area contributed by atoms with E-state index in [-0.39, 0.29) is 5.76 Å². The van der Waals surface area contributed by atoms with Crippen LogP contribution in [0.4, 0.5) is 5.82 Å². The van der Waals surface area contributed by atoms with Gasteiger partial charge in [0, 0.05) is 30.1 Å². The lowest BCUT2D eigenvalue weighted by Crippen LogP contribution is -2.37. The number of rotatable bonds is 3. The zero-order valence-corrected chi connectivity index (χ0v) is 14.3. The molecule has 4 aromatic rings. The number of anilines is 1. The Morgan fingerprint density at radius 3 is 2.89 bits per heavy atom. The van der Waals surface area contributed by atoms with Gasteiger partial charge in [0.25, 0.3) is 5.91 Å². The van der Waals surface area contributed by atoms with E-state index in [0.717, 1.165) is 16.5 Å². The number of aromatic amines is 1. The molecule has 3 N–H and O–H groups in total. The van der Waals surface area contributed by atoms with Gasteiger partial charge in [-0.15, -0.1) is 0 Å².